The fraction of sp³-hybridized carbons (Fsp3) is 0.550. The van der Waals surface area contributed by atoms with E-state index >= 15 is 0 Å². The van der Waals surface area contributed by atoms with Crippen LogP contribution in [0.3, 0.4) is 0 Å². The third kappa shape index (κ3) is 2.55. The summed E-state index contributed by atoms with van der Waals surface area (Å²) < 4.78 is 21.9. The van der Waals surface area contributed by atoms with Gasteiger partial charge in [0.2, 0.25) is 0 Å². The van der Waals surface area contributed by atoms with Gasteiger partial charge in [-0.2, -0.15) is 0 Å². The number of hydrogen-bond donors (Lipinski definition) is 0. The van der Waals surface area contributed by atoms with Gasteiger partial charge in [0.1, 0.15) is 5.54 Å². The molecule has 0 bridgehead atoms. The van der Waals surface area contributed by atoms with Crippen LogP contribution in [0.1, 0.15) is 36.5 Å². The maximum atomic E-state index is 13.6. The molecule has 1 aromatic carbocycles. The molecule has 1 amide bonds. The van der Waals surface area contributed by atoms with Crippen molar-refractivity contribution in [2.45, 2.75) is 37.5 Å². The molecule has 2 fully saturated rings. The minimum Gasteiger partial charge on any atom is -0.466 e. The van der Waals surface area contributed by atoms with Gasteiger partial charge in [0.25, 0.3) is 0 Å². The van der Waals surface area contributed by atoms with E-state index in [4.69, 9.17) is 18.9 Å². The van der Waals surface area contributed by atoms with Gasteiger partial charge in [0.05, 0.1) is 38.5 Å². The second kappa shape index (κ2) is 6.86. The molecule has 2 atom stereocenters. The second-order valence-electron chi connectivity index (χ2n) is 7.19. The van der Waals surface area contributed by atoms with Crippen molar-refractivity contribution in [2.24, 2.45) is 5.92 Å². The van der Waals surface area contributed by atoms with E-state index in [-0.39, 0.29) is 25.2 Å². The summed E-state index contributed by atoms with van der Waals surface area (Å²) in [4.78, 5) is 40.7. The number of hydrogen-bond acceptors (Lipinski definition) is 7. The Kier molecular flexibility index (Phi) is 4.63. The highest BCUT2D eigenvalue weighted by molar-refractivity contribution is 6.21. The van der Waals surface area contributed by atoms with Crippen LogP contribution in [0, 0.1) is 5.92 Å². The lowest BCUT2D eigenvalue weighted by atomic mass is 9.67. The molecule has 0 unspecified atom stereocenters. The molecule has 0 N–H and O–H groups in total. The molecule has 2 spiro atoms. The van der Waals surface area contributed by atoms with E-state index in [9.17, 15) is 14.4 Å². The first-order valence-corrected chi connectivity index (χ1v) is 9.45. The Hall–Kier alpha value is -2.45. The number of Topliss-reactive ketones (excluding diaryl/α,β-unsaturated/α-hetero) is 1. The SMILES string of the molecule is CCOC(=O)[C@H]1CC2(CC[C@]13C(=O)c1ccccc1N3C(=O)OC)OCCO2. The number of anilines is 1. The van der Waals surface area contributed by atoms with Crippen molar-refractivity contribution in [1.29, 1.82) is 0 Å². The Bertz CT molecular complexity index is 817. The van der Waals surface area contributed by atoms with E-state index in [1.54, 1.807) is 31.2 Å². The Balaban J connectivity index is 1.85. The van der Waals surface area contributed by atoms with E-state index in [1.165, 1.54) is 12.0 Å². The summed E-state index contributed by atoms with van der Waals surface area (Å²) in [5.74, 6) is -2.69. The van der Waals surface area contributed by atoms with Gasteiger partial charge in [-0.25, -0.2) is 4.79 Å². The number of fused-ring (bicyclic) bond motifs is 1. The molecule has 150 valence electrons. The molecule has 1 aliphatic carbocycles. The topological polar surface area (TPSA) is 91.4 Å². The minimum absolute atomic E-state index is 0.138. The number of amides is 1. The number of ketones is 1. The molecular formula is C20H23NO7. The lowest BCUT2D eigenvalue weighted by Crippen LogP contribution is -2.65. The highest BCUT2D eigenvalue weighted by Crippen LogP contribution is 2.53. The third-order valence-corrected chi connectivity index (χ3v) is 5.90. The summed E-state index contributed by atoms with van der Waals surface area (Å²) in [6.45, 7) is 2.73. The minimum atomic E-state index is -1.41. The van der Waals surface area contributed by atoms with E-state index in [0.717, 1.165) is 0 Å². The van der Waals surface area contributed by atoms with Crippen molar-refractivity contribution in [1.82, 2.24) is 0 Å². The van der Waals surface area contributed by atoms with Gasteiger partial charge in [0, 0.05) is 18.4 Å². The van der Waals surface area contributed by atoms with Gasteiger partial charge in [-0.1, -0.05) is 12.1 Å². The highest BCUT2D eigenvalue weighted by atomic mass is 16.7. The standard InChI is InChI=1S/C20H23NO7/c1-3-26-17(23)14-12-19(27-10-11-28-19)8-9-20(14)16(22)13-6-4-5-7-15(13)21(20)18(24)25-2/h4-7,14H,3,8-12H2,1-2H3/t14-,20-/m1/s1. The van der Waals surface area contributed by atoms with E-state index in [2.05, 4.69) is 0 Å². The summed E-state index contributed by atoms with van der Waals surface area (Å²) >= 11 is 0. The van der Waals surface area contributed by atoms with Gasteiger partial charge in [0.15, 0.2) is 11.6 Å². The largest absolute Gasteiger partial charge is 0.466 e. The van der Waals surface area contributed by atoms with Gasteiger partial charge >= 0.3 is 12.1 Å². The summed E-state index contributed by atoms with van der Waals surface area (Å²) in [5.41, 5.74) is -0.576. The van der Waals surface area contributed by atoms with Crippen molar-refractivity contribution in [3.05, 3.63) is 29.8 Å². The molecular weight excluding hydrogens is 366 g/mol. The average molecular weight is 389 g/mol. The van der Waals surface area contributed by atoms with Crippen molar-refractivity contribution in [3.8, 4) is 0 Å². The normalized spacial score (nSPS) is 27.9. The summed E-state index contributed by atoms with van der Waals surface area (Å²) in [5, 5.41) is 0. The molecule has 0 aromatic heterocycles. The lowest BCUT2D eigenvalue weighted by Gasteiger charge is -2.48. The number of methoxy groups -OCH3 is 1. The van der Waals surface area contributed by atoms with Gasteiger partial charge < -0.3 is 18.9 Å². The van der Waals surface area contributed by atoms with Crippen molar-refractivity contribution in [2.75, 3.05) is 31.8 Å². The summed E-state index contributed by atoms with van der Waals surface area (Å²) in [6.07, 6.45) is 0.0469. The smallest absolute Gasteiger partial charge is 0.414 e. The van der Waals surface area contributed by atoms with Crippen LogP contribution < -0.4 is 4.90 Å². The van der Waals surface area contributed by atoms with Crippen molar-refractivity contribution >= 4 is 23.5 Å². The molecule has 1 saturated heterocycles. The Morgan fingerprint density at radius 3 is 2.61 bits per heavy atom. The monoisotopic (exact) mass is 389 g/mol. The number of carbonyl (C=O) groups is 3. The van der Waals surface area contributed by atoms with Crippen LogP contribution in [0.25, 0.3) is 0 Å². The maximum Gasteiger partial charge on any atom is 0.414 e. The molecule has 3 aliphatic rings. The third-order valence-electron chi connectivity index (χ3n) is 5.90. The second-order valence-corrected chi connectivity index (χ2v) is 7.19. The first kappa shape index (κ1) is 18.9. The Morgan fingerprint density at radius 1 is 1.21 bits per heavy atom. The molecule has 2 aliphatic heterocycles. The average Bonchev–Trinajstić information content (AvgIpc) is 3.26. The van der Waals surface area contributed by atoms with Crippen LogP contribution in [0.15, 0.2) is 24.3 Å². The molecule has 28 heavy (non-hydrogen) atoms. The van der Waals surface area contributed by atoms with E-state index < -0.39 is 29.3 Å². The highest BCUT2D eigenvalue weighted by Gasteiger charge is 2.66. The first-order chi connectivity index (χ1) is 13.5. The Labute approximate surface area is 162 Å². The van der Waals surface area contributed by atoms with Gasteiger partial charge in [-0.05, 0) is 25.5 Å². The van der Waals surface area contributed by atoms with Crippen molar-refractivity contribution < 1.29 is 33.3 Å². The van der Waals surface area contributed by atoms with E-state index in [1.807, 2.05) is 0 Å². The molecule has 0 radical (unpaired) electrons. The van der Waals surface area contributed by atoms with Crippen LogP contribution >= 0.6 is 0 Å². The zero-order valence-electron chi connectivity index (χ0n) is 15.9. The quantitative estimate of drug-likeness (QED) is 0.717. The van der Waals surface area contributed by atoms with Gasteiger partial charge in [-0.15, -0.1) is 0 Å². The molecule has 8 heteroatoms. The number of nitrogens with zero attached hydrogens (tertiary/aromatic N) is 1. The van der Waals surface area contributed by atoms with Crippen LogP contribution in [-0.2, 0) is 23.7 Å². The van der Waals surface area contributed by atoms with Gasteiger partial charge in [-0.3, -0.25) is 14.5 Å². The van der Waals surface area contributed by atoms with Crippen LogP contribution in [0.4, 0.5) is 10.5 Å². The lowest BCUT2D eigenvalue weighted by molar-refractivity contribution is -0.201. The predicted octanol–water partition coefficient (Wildman–Crippen LogP) is 2.30. The summed E-state index contributed by atoms with van der Waals surface area (Å²) in [6, 6.07) is 6.83. The molecule has 2 heterocycles. The van der Waals surface area contributed by atoms with Crippen LogP contribution in [0.2, 0.25) is 0 Å². The van der Waals surface area contributed by atoms with Crippen molar-refractivity contribution in [3.63, 3.8) is 0 Å². The Morgan fingerprint density at radius 2 is 1.93 bits per heavy atom. The number of para-hydroxylation sites is 1. The maximum absolute atomic E-state index is 13.6. The van der Waals surface area contributed by atoms with Crippen LogP contribution in [-0.4, -0.2) is 56.1 Å². The van der Waals surface area contributed by atoms with E-state index in [0.29, 0.717) is 30.9 Å². The zero-order valence-corrected chi connectivity index (χ0v) is 15.9. The number of benzene rings is 1. The fourth-order valence-electron chi connectivity index (χ4n) is 4.72. The molecule has 4 rings (SSSR count). The fourth-order valence-corrected chi connectivity index (χ4v) is 4.72. The molecule has 8 nitrogen and oxygen atoms in total. The van der Waals surface area contributed by atoms with Crippen LogP contribution in [0.5, 0.6) is 0 Å². The predicted molar refractivity (Wildman–Crippen MR) is 97.0 cm³/mol. The number of rotatable bonds is 2. The zero-order chi connectivity index (χ0) is 19.9. The summed E-state index contributed by atoms with van der Waals surface area (Å²) in [7, 11) is 1.26. The first-order valence-electron chi connectivity index (χ1n) is 9.45. The molecule has 1 aromatic rings. The molecule has 1 saturated carbocycles. The number of esters is 1. The number of ether oxygens (including phenoxy) is 4. The number of carbonyl (C=O) groups excluding carboxylic acids is 3.